The Labute approximate surface area is 125 Å². The number of aromatic hydroxyl groups is 1. The van der Waals surface area contributed by atoms with Crippen molar-refractivity contribution < 1.29 is 19.8 Å². The minimum absolute atomic E-state index is 0.124. The lowest BCUT2D eigenvalue weighted by Gasteiger charge is -2.08. The van der Waals surface area contributed by atoms with Crippen LogP contribution < -0.4 is 5.32 Å². The van der Waals surface area contributed by atoms with Crippen LogP contribution in [0.4, 0.5) is 5.69 Å². The summed E-state index contributed by atoms with van der Waals surface area (Å²) in [5, 5.41) is 22.9. The monoisotopic (exact) mass is 305 g/mol. The number of nitrogens with one attached hydrogen (secondary N) is 1. The Morgan fingerprint density at radius 1 is 1.24 bits per heavy atom. The summed E-state index contributed by atoms with van der Waals surface area (Å²) in [6, 6.07) is 7.83. The van der Waals surface area contributed by atoms with Crippen molar-refractivity contribution in [2.45, 2.75) is 19.3 Å². The van der Waals surface area contributed by atoms with E-state index < -0.39 is 5.97 Å². The second kappa shape index (κ2) is 6.90. The molecule has 0 spiro atoms. The van der Waals surface area contributed by atoms with Crippen molar-refractivity contribution in [2.24, 2.45) is 0 Å². The van der Waals surface area contributed by atoms with E-state index in [1.165, 1.54) is 17.0 Å². The average molecular weight is 305 g/mol. The van der Waals surface area contributed by atoms with Crippen molar-refractivity contribution in [3.8, 4) is 5.75 Å². The van der Waals surface area contributed by atoms with Gasteiger partial charge < -0.3 is 15.5 Å². The zero-order valence-corrected chi connectivity index (χ0v) is 12.0. The van der Waals surface area contributed by atoms with Crippen molar-refractivity contribution >= 4 is 28.9 Å². The Kier molecular flexibility index (Phi) is 4.94. The van der Waals surface area contributed by atoms with Gasteiger partial charge in [-0.1, -0.05) is 6.07 Å². The van der Waals surface area contributed by atoms with E-state index in [9.17, 15) is 14.7 Å². The van der Waals surface area contributed by atoms with E-state index >= 15 is 0 Å². The molecule has 0 saturated carbocycles. The number of carboxylic acids is 1. The van der Waals surface area contributed by atoms with Crippen molar-refractivity contribution in [2.75, 3.05) is 5.32 Å². The molecule has 0 radical (unpaired) electrons. The smallest absolute Gasteiger partial charge is 0.337 e. The highest BCUT2D eigenvalue weighted by atomic mass is 32.1. The van der Waals surface area contributed by atoms with Gasteiger partial charge in [0.2, 0.25) is 5.91 Å². The van der Waals surface area contributed by atoms with E-state index in [4.69, 9.17) is 5.11 Å². The van der Waals surface area contributed by atoms with Crippen LogP contribution in [0.5, 0.6) is 5.75 Å². The maximum absolute atomic E-state index is 11.8. The van der Waals surface area contributed by atoms with Crippen molar-refractivity contribution in [3.63, 3.8) is 0 Å². The summed E-state index contributed by atoms with van der Waals surface area (Å²) in [5.41, 5.74) is 0.0723. The molecular weight excluding hydrogens is 290 g/mol. The highest BCUT2D eigenvalue weighted by Gasteiger charge is 2.13. The third kappa shape index (κ3) is 4.32. The summed E-state index contributed by atoms with van der Waals surface area (Å²) in [6.45, 7) is 0. The molecule has 2 rings (SSSR count). The standard InChI is InChI=1S/C15H15NO4S/c17-10-6-7-13(12(9-10)15(19)20)16-14(18)5-1-3-11-4-2-8-21-11/h2,4,6-9,17H,1,3,5H2,(H,16,18)(H,19,20). The number of carbonyl (C=O) groups excluding carboxylic acids is 1. The van der Waals surface area contributed by atoms with Crippen molar-refractivity contribution in [1.82, 2.24) is 0 Å². The molecule has 0 aliphatic carbocycles. The Hall–Kier alpha value is -2.34. The predicted molar refractivity (Wildman–Crippen MR) is 81.0 cm³/mol. The first-order chi connectivity index (χ1) is 10.1. The Bertz CT molecular complexity index is 637. The van der Waals surface area contributed by atoms with E-state index in [1.54, 1.807) is 11.3 Å². The molecule has 0 aliphatic heterocycles. The summed E-state index contributed by atoms with van der Waals surface area (Å²) in [6.07, 6.45) is 1.84. The molecule has 0 bridgehead atoms. The summed E-state index contributed by atoms with van der Waals surface area (Å²) in [4.78, 5) is 24.1. The molecule has 2 aromatic rings. The molecule has 0 fully saturated rings. The lowest BCUT2D eigenvalue weighted by atomic mass is 10.1. The molecule has 3 N–H and O–H groups in total. The minimum atomic E-state index is -1.19. The number of hydrogen-bond donors (Lipinski definition) is 3. The molecule has 21 heavy (non-hydrogen) atoms. The van der Waals surface area contributed by atoms with Crippen LogP contribution >= 0.6 is 11.3 Å². The first-order valence-corrected chi connectivity index (χ1v) is 7.33. The van der Waals surface area contributed by atoms with Crippen LogP contribution in [0.3, 0.4) is 0 Å². The lowest BCUT2D eigenvalue weighted by molar-refractivity contribution is -0.116. The summed E-state index contributed by atoms with van der Waals surface area (Å²) in [5.74, 6) is -1.58. The number of hydrogen-bond acceptors (Lipinski definition) is 4. The molecule has 1 heterocycles. The summed E-state index contributed by atoms with van der Waals surface area (Å²) in [7, 11) is 0. The number of phenolic OH excluding ortho intramolecular Hbond substituents is 1. The number of aromatic carboxylic acids is 1. The first kappa shape index (κ1) is 15.1. The van der Waals surface area contributed by atoms with Gasteiger partial charge in [-0.25, -0.2) is 4.79 Å². The number of anilines is 1. The second-order valence-corrected chi connectivity index (χ2v) is 5.55. The summed E-state index contributed by atoms with van der Waals surface area (Å²) >= 11 is 1.65. The van der Waals surface area contributed by atoms with Gasteiger partial charge in [-0.15, -0.1) is 11.3 Å². The van der Waals surface area contributed by atoms with Gasteiger partial charge in [0.25, 0.3) is 0 Å². The molecule has 110 valence electrons. The zero-order chi connectivity index (χ0) is 15.2. The third-order valence-corrected chi connectivity index (χ3v) is 3.85. The topological polar surface area (TPSA) is 86.6 Å². The number of phenols is 1. The molecule has 0 unspecified atom stereocenters. The van der Waals surface area contributed by atoms with Gasteiger partial charge in [0, 0.05) is 11.3 Å². The van der Waals surface area contributed by atoms with E-state index in [0.29, 0.717) is 12.8 Å². The van der Waals surface area contributed by atoms with Gasteiger partial charge in [-0.05, 0) is 42.5 Å². The van der Waals surface area contributed by atoms with Gasteiger partial charge in [0.15, 0.2) is 0 Å². The van der Waals surface area contributed by atoms with E-state index in [1.807, 2.05) is 17.5 Å². The van der Waals surface area contributed by atoms with Crippen LogP contribution in [-0.2, 0) is 11.2 Å². The minimum Gasteiger partial charge on any atom is -0.508 e. The van der Waals surface area contributed by atoms with Gasteiger partial charge >= 0.3 is 5.97 Å². The SMILES string of the molecule is O=C(CCCc1cccs1)Nc1ccc(O)cc1C(=O)O. The van der Waals surface area contributed by atoms with Crippen molar-refractivity contribution in [3.05, 3.63) is 46.2 Å². The highest BCUT2D eigenvalue weighted by molar-refractivity contribution is 7.09. The fourth-order valence-corrected chi connectivity index (χ4v) is 2.66. The maximum atomic E-state index is 11.8. The Morgan fingerprint density at radius 2 is 2.05 bits per heavy atom. The maximum Gasteiger partial charge on any atom is 0.337 e. The second-order valence-electron chi connectivity index (χ2n) is 4.52. The van der Waals surface area contributed by atoms with E-state index in [0.717, 1.165) is 12.5 Å². The van der Waals surface area contributed by atoms with Crippen LogP contribution in [0.15, 0.2) is 35.7 Å². The van der Waals surface area contributed by atoms with Gasteiger partial charge in [-0.3, -0.25) is 4.79 Å². The number of amides is 1. The molecule has 1 aromatic heterocycles. The van der Waals surface area contributed by atoms with E-state index in [-0.39, 0.29) is 22.9 Å². The fraction of sp³-hybridized carbons (Fsp3) is 0.200. The summed E-state index contributed by atoms with van der Waals surface area (Å²) < 4.78 is 0. The van der Waals surface area contributed by atoms with Crippen molar-refractivity contribution in [1.29, 1.82) is 0 Å². The average Bonchev–Trinajstić information content (AvgIpc) is 2.94. The third-order valence-electron chi connectivity index (χ3n) is 2.91. The highest BCUT2D eigenvalue weighted by Crippen LogP contribution is 2.21. The predicted octanol–water partition coefficient (Wildman–Crippen LogP) is 3.11. The molecule has 0 saturated heterocycles. The van der Waals surface area contributed by atoms with Crippen LogP contribution in [0.1, 0.15) is 28.1 Å². The van der Waals surface area contributed by atoms with E-state index in [2.05, 4.69) is 5.32 Å². The number of carbonyl (C=O) groups is 2. The van der Waals surface area contributed by atoms with Gasteiger partial charge in [-0.2, -0.15) is 0 Å². The van der Waals surface area contributed by atoms with Crippen LogP contribution in [0.25, 0.3) is 0 Å². The fourth-order valence-electron chi connectivity index (χ4n) is 1.91. The largest absolute Gasteiger partial charge is 0.508 e. The zero-order valence-electron chi connectivity index (χ0n) is 11.2. The molecule has 0 atom stereocenters. The number of aryl methyl sites for hydroxylation is 1. The van der Waals surface area contributed by atoms with Gasteiger partial charge in [0.05, 0.1) is 11.3 Å². The molecule has 5 nitrogen and oxygen atoms in total. The Balaban J connectivity index is 1.92. The van der Waals surface area contributed by atoms with Crippen LogP contribution in [0, 0.1) is 0 Å². The number of benzene rings is 1. The number of rotatable bonds is 6. The number of thiophene rings is 1. The van der Waals surface area contributed by atoms with Crippen LogP contribution in [-0.4, -0.2) is 22.1 Å². The first-order valence-electron chi connectivity index (χ1n) is 6.45. The van der Waals surface area contributed by atoms with Gasteiger partial charge in [0.1, 0.15) is 5.75 Å². The molecule has 1 amide bonds. The molecule has 0 aliphatic rings. The number of carboxylic acid groups (broad SMARTS) is 1. The normalized spacial score (nSPS) is 10.3. The molecule has 1 aromatic carbocycles. The molecule has 6 heteroatoms. The lowest BCUT2D eigenvalue weighted by Crippen LogP contribution is -2.14. The van der Waals surface area contributed by atoms with Crippen LogP contribution in [0.2, 0.25) is 0 Å². The quantitative estimate of drug-likeness (QED) is 0.716. The molecular formula is C15H15NO4S. The Morgan fingerprint density at radius 3 is 2.71 bits per heavy atom.